The molecule has 1 aromatic carbocycles. The average molecular weight is 384 g/mol. The van der Waals surface area contributed by atoms with E-state index in [9.17, 15) is 14.7 Å². The number of nitrogens with zero attached hydrogens (tertiary/aromatic N) is 3. The fraction of sp³-hybridized carbons (Fsp3) is 0.222. The third-order valence-corrected chi connectivity index (χ3v) is 5.14. The topological polar surface area (TPSA) is 109 Å². The Bertz CT molecular complexity index is 952. The molecule has 0 radical (unpaired) electrons. The molecule has 3 heterocycles. The molecule has 1 fully saturated rings. The lowest BCUT2D eigenvalue weighted by molar-refractivity contribution is -0.126. The Morgan fingerprint density at radius 1 is 1.33 bits per heavy atom. The summed E-state index contributed by atoms with van der Waals surface area (Å²) in [7, 11) is 0. The van der Waals surface area contributed by atoms with E-state index in [-0.39, 0.29) is 30.5 Å². The van der Waals surface area contributed by atoms with Crippen LogP contribution >= 0.6 is 11.3 Å². The second kappa shape index (κ2) is 7.20. The molecular formula is C18H16N4O4S. The van der Waals surface area contributed by atoms with Crippen LogP contribution in [0.5, 0.6) is 5.75 Å². The van der Waals surface area contributed by atoms with Gasteiger partial charge in [0.15, 0.2) is 5.82 Å². The number of carbonyl (C=O) groups excluding carboxylic acids is 2. The second-order valence-electron chi connectivity index (χ2n) is 6.13. The fourth-order valence-electron chi connectivity index (χ4n) is 2.90. The highest BCUT2D eigenvalue weighted by Gasteiger charge is 2.35. The molecule has 8 nitrogen and oxygen atoms in total. The molecule has 138 valence electrons. The lowest BCUT2D eigenvalue weighted by Gasteiger charge is -2.16. The van der Waals surface area contributed by atoms with Crippen LogP contribution in [0.25, 0.3) is 10.8 Å². The van der Waals surface area contributed by atoms with Crippen LogP contribution in [0.3, 0.4) is 0 Å². The molecular weight excluding hydrogens is 368 g/mol. The minimum Gasteiger partial charge on any atom is -0.508 e. The Labute approximate surface area is 158 Å². The van der Waals surface area contributed by atoms with Gasteiger partial charge in [-0.1, -0.05) is 11.2 Å². The van der Waals surface area contributed by atoms with E-state index in [1.807, 2.05) is 17.5 Å². The molecule has 2 N–H and O–H groups in total. The maximum Gasteiger partial charge on any atom is 0.268 e. The van der Waals surface area contributed by atoms with Gasteiger partial charge in [-0.3, -0.25) is 9.59 Å². The molecule has 3 aromatic rings. The minimum absolute atomic E-state index is 0.125. The summed E-state index contributed by atoms with van der Waals surface area (Å²) in [6.07, 6.45) is 0.138. The molecule has 1 saturated heterocycles. The highest BCUT2D eigenvalue weighted by molar-refractivity contribution is 7.13. The van der Waals surface area contributed by atoms with E-state index in [4.69, 9.17) is 4.52 Å². The van der Waals surface area contributed by atoms with Gasteiger partial charge in [-0.2, -0.15) is 4.98 Å². The molecule has 0 spiro atoms. The highest BCUT2D eigenvalue weighted by Crippen LogP contribution is 2.27. The summed E-state index contributed by atoms with van der Waals surface area (Å²) < 4.78 is 5.18. The monoisotopic (exact) mass is 384 g/mol. The quantitative estimate of drug-likeness (QED) is 0.698. The smallest absolute Gasteiger partial charge is 0.268 e. The summed E-state index contributed by atoms with van der Waals surface area (Å²) >= 11 is 1.49. The van der Waals surface area contributed by atoms with Gasteiger partial charge in [-0.15, -0.1) is 11.3 Å². The molecule has 0 unspecified atom stereocenters. The molecule has 4 rings (SSSR count). The SMILES string of the molecule is O=C(NCc1noc(-c2cccs2)n1)[C@H]1CC(=O)N(c2ccc(O)cc2)C1. The largest absolute Gasteiger partial charge is 0.508 e. The van der Waals surface area contributed by atoms with Crippen molar-refractivity contribution in [3.8, 4) is 16.5 Å². The van der Waals surface area contributed by atoms with Gasteiger partial charge in [0.05, 0.1) is 17.3 Å². The zero-order chi connectivity index (χ0) is 18.8. The number of phenolic OH excluding ortho intramolecular Hbond substituents is 1. The maximum atomic E-state index is 12.4. The van der Waals surface area contributed by atoms with Crippen LogP contribution in [0.2, 0.25) is 0 Å². The van der Waals surface area contributed by atoms with E-state index in [2.05, 4.69) is 15.5 Å². The van der Waals surface area contributed by atoms with Crippen LogP contribution in [-0.4, -0.2) is 33.6 Å². The van der Waals surface area contributed by atoms with Crippen molar-refractivity contribution < 1.29 is 19.2 Å². The number of aromatic hydroxyl groups is 1. The van der Waals surface area contributed by atoms with E-state index < -0.39 is 5.92 Å². The van der Waals surface area contributed by atoms with E-state index in [1.54, 1.807) is 17.0 Å². The van der Waals surface area contributed by atoms with Crippen molar-refractivity contribution in [1.82, 2.24) is 15.5 Å². The second-order valence-corrected chi connectivity index (χ2v) is 7.08. The van der Waals surface area contributed by atoms with Crippen molar-refractivity contribution >= 4 is 28.8 Å². The van der Waals surface area contributed by atoms with Crippen LogP contribution in [0.4, 0.5) is 5.69 Å². The van der Waals surface area contributed by atoms with Crippen LogP contribution in [0.15, 0.2) is 46.3 Å². The average Bonchev–Trinajstić information content (AvgIpc) is 3.41. The number of benzene rings is 1. The predicted molar refractivity (Wildman–Crippen MR) is 98.0 cm³/mol. The number of thiophene rings is 1. The molecule has 1 aliphatic rings. The van der Waals surface area contributed by atoms with Crippen molar-refractivity contribution in [2.75, 3.05) is 11.4 Å². The van der Waals surface area contributed by atoms with Crippen LogP contribution in [-0.2, 0) is 16.1 Å². The lowest BCUT2D eigenvalue weighted by atomic mass is 10.1. The molecule has 0 saturated carbocycles. The van der Waals surface area contributed by atoms with Gasteiger partial charge in [0.1, 0.15) is 5.75 Å². The number of carbonyl (C=O) groups is 2. The van der Waals surface area contributed by atoms with Crippen molar-refractivity contribution in [3.05, 3.63) is 47.6 Å². The zero-order valence-electron chi connectivity index (χ0n) is 14.2. The molecule has 2 aromatic heterocycles. The van der Waals surface area contributed by atoms with Crippen molar-refractivity contribution in [2.45, 2.75) is 13.0 Å². The number of nitrogens with one attached hydrogen (secondary N) is 1. The normalized spacial score (nSPS) is 16.7. The number of rotatable bonds is 5. The third kappa shape index (κ3) is 3.68. The van der Waals surface area contributed by atoms with Gasteiger partial charge in [0.25, 0.3) is 5.89 Å². The summed E-state index contributed by atoms with van der Waals surface area (Å²) in [6.45, 7) is 0.430. The Morgan fingerprint density at radius 3 is 2.89 bits per heavy atom. The first-order valence-corrected chi connectivity index (χ1v) is 9.21. The van der Waals surface area contributed by atoms with Gasteiger partial charge in [-0.25, -0.2) is 0 Å². The summed E-state index contributed by atoms with van der Waals surface area (Å²) in [5.74, 6) is 0.124. The van der Waals surface area contributed by atoms with E-state index in [1.165, 1.54) is 23.5 Å². The molecule has 1 aliphatic heterocycles. The number of anilines is 1. The van der Waals surface area contributed by atoms with E-state index in [0.717, 1.165) is 4.88 Å². The van der Waals surface area contributed by atoms with Crippen molar-refractivity contribution in [1.29, 1.82) is 0 Å². The van der Waals surface area contributed by atoms with Gasteiger partial charge >= 0.3 is 0 Å². The van der Waals surface area contributed by atoms with E-state index >= 15 is 0 Å². The Kier molecular flexibility index (Phi) is 4.59. The first-order valence-electron chi connectivity index (χ1n) is 8.34. The highest BCUT2D eigenvalue weighted by atomic mass is 32.1. The number of hydrogen-bond donors (Lipinski definition) is 2. The molecule has 1 atom stereocenters. The predicted octanol–water partition coefficient (Wildman–Crippen LogP) is 2.17. The molecule has 27 heavy (non-hydrogen) atoms. The zero-order valence-corrected chi connectivity index (χ0v) is 15.0. The Morgan fingerprint density at radius 2 is 2.15 bits per heavy atom. The summed E-state index contributed by atoms with van der Waals surface area (Å²) in [6, 6.07) is 10.1. The summed E-state index contributed by atoms with van der Waals surface area (Å²) in [4.78, 5) is 31.3. The first kappa shape index (κ1) is 17.2. The van der Waals surface area contributed by atoms with E-state index in [0.29, 0.717) is 23.9 Å². The molecule has 9 heteroatoms. The van der Waals surface area contributed by atoms with Gasteiger partial charge in [0, 0.05) is 18.7 Å². The van der Waals surface area contributed by atoms with Gasteiger partial charge in [-0.05, 0) is 35.7 Å². The lowest BCUT2D eigenvalue weighted by Crippen LogP contribution is -2.32. The van der Waals surface area contributed by atoms with Crippen LogP contribution in [0, 0.1) is 5.92 Å². The Hall–Kier alpha value is -3.20. The summed E-state index contributed by atoms with van der Waals surface area (Å²) in [5.41, 5.74) is 0.659. The number of phenols is 1. The van der Waals surface area contributed by atoms with Crippen LogP contribution in [0.1, 0.15) is 12.2 Å². The first-order chi connectivity index (χ1) is 13.1. The molecule has 2 amide bonds. The fourth-order valence-corrected chi connectivity index (χ4v) is 3.55. The molecule has 0 aliphatic carbocycles. The summed E-state index contributed by atoms with van der Waals surface area (Å²) in [5, 5.41) is 17.9. The number of aromatic nitrogens is 2. The number of amides is 2. The van der Waals surface area contributed by atoms with Gasteiger partial charge < -0.3 is 19.8 Å². The molecule has 0 bridgehead atoms. The Balaban J connectivity index is 1.35. The minimum atomic E-state index is -0.449. The third-order valence-electron chi connectivity index (χ3n) is 4.28. The standard InChI is InChI=1S/C18H16N4O4S/c23-13-5-3-12(4-6-13)22-10-11(8-16(22)24)17(25)19-9-15-20-18(26-21-15)14-2-1-7-27-14/h1-7,11,23H,8-10H2,(H,19,25)/t11-/m0/s1. The van der Waals surface area contributed by atoms with Crippen molar-refractivity contribution in [2.24, 2.45) is 5.92 Å². The number of hydrogen-bond acceptors (Lipinski definition) is 7. The van der Waals surface area contributed by atoms with Crippen LogP contribution < -0.4 is 10.2 Å². The maximum absolute atomic E-state index is 12.4. The van der Waals surface area contributed by atoms with Crippen molar-refractivity contribution in [3.63, 3.8) is 0 Å². The van der Waals surface area contributed by atoms with Gasteiger partial charge in [0.2, 0.25) is 11.8 Å².